The van der Waals surface area contributed by atoms with E-state index in [-0.39, 0.29) is 17.0 Å². The van der Waals surface area contributed by atoms with Gasteiger partial charge in [-0.05, 0) is 49.2 Å². The molecule has 0 saturated carbocycles. The number of hydrogen-bond donors (Lipinski definition) is 0. The predicted octanol–water partition coefficient (Wildman–Crippen LogP) is 3.20. The van der Waals surface area contributed by atoms with Crippen LogP contribution in [0.25, 0.3) is 0 Å². The molecule has 2 aromatic carbocycles. The highest BCUT2D eigenvalue weighted by Crippen LogP contribution is 2.32. The molecular weight excluding hydrogens is 352 g/mol. The van der Waals surface area contributed by atoms with E-state index in [1.54, 1.807) is 6.07 Å². The van der Waals surface area contributed by atoms with E-state index >= 15 is 0 Å². The maximum atomic E-state index is 12.3. The van der Waals surface area contributed by atoms with Crippen LogP contribution < -0.4 is 9.64 Å². The lowest BCUT2D eigenvalue weighted by atomic mass is 10.1. The zero-order valence-corrected chi connectivity index (χ0v) is 14.7. The van der Waals surface area contributed by atoms with Crippen LogP contribution in [-0.4, -0.2) is 37.1 Å². The Balaban J connectivity index is 1.79. The lowest BCUT2D eigenvalue weighted by molar-refractivity contribution is -0.384. The van der Waals surface area contributed by atoms with E-state index < -0.39 is 16.9 Å². The summed E-state index contributed by atoms with van der Waals surface area (Å²) in [5.41, 5.74) is 0.800. The number of ether oxygens (including phenoxy) is 2. The van der Waals surface area contributed by atoms with Crippen molar-refractivity contribution in [3.05, 3.63) is 63.7 Å². The van der Waals surface area contributed by atoms with Crippen LogP contribution in [0.1, 0.15) is 33.6 Å². The maximum Gasteiger partial charge on any atom is 0.343 e. The molecule has 8 nitrogen and oxygen atoms in total. The molecule has 0 unspecified atom stereocenters. The lowest BCUT2D eigenvalue weighted by Crippen LogP contribution is -2.19. The van der Waals surface area contributed by atoms with Gasteiger partial charge in [0.2, 0.25) is 0 Å². The number of nitro groups is 1. The largest absolute Gasteiger partial charge is 0.465 e. The average molecular weight is 370 g/mol. The molecule has 0 atom stereocenters. The molecule has 0 spiro atoms. The Labute approximate surface area is 155 Å². The number of nitro benzene ring substituents is 1. The zero-order valence-electron chi connectivity index (χ0n) is 14.7. The van der Waals surface area contributed by atoms with E-state index in [1.165, 1.54) is 43.5 Å². The second-order valence-electron chi connectivity index (χ2n) is 6.06. The summed E-state index contributed by atoms with van der Waals surface area (Å²) in [6.07, 6.45) is 1.98. The van der Waals surface area contributed by atoms with Crippen molar-refractivity contribution >= 4 is 23.3 Å². The Morgan fingerprint density at radius 1 is 1.00 bits per heavy atom. The Morgan fingerprint density at radius 2 is 1.63 bits per heavy atom. The maximum absolute atomic E-state index is 12.3. The van der Waals surface area contributed by atoms with Crippen molar-refractivity contribution in [2.45, 2.75) is 12.8 Å². The van der Waals surface area contributed by atoms with E-state index in [0.717, 1.165) is 25.9 Å². The Bertz CT molecular complexity index is 872. The smallest absolute Gasteiger partial charge is 0.343 e. The number of carbonyl (C=O) groups excluding carboxylic acids is 2. The fourth-order valence-electron chi connectivity index (χ4n) is 2.96. The number of nitrogens with zero attached hydrogens (tertiary/aromatic N) is 2. The van der Waals surface area contributed by atoms with Crippen molar-refractivity contribution < 1.29 is 24.0 Å². The summed E-state index contributed by atoms with van der Waals surface area (Å²) in [6.45, 7) is 1.52. The summed E-state index contributed by atoms with van der Waals surface area (Å²) in [5, 5.41) is 11.4. The van der Waals surface area contributed by atoms with Crippen molar-refractivity contribution in [3.63, 3.8) is 0 Å². The van der Waals surface area contributed by atoms with E-state index in [9.17, 15) is 19.7 Å². The van der Waals surface area contributed by atoms with Crippen molar-refractivity contribution in [1.82, 2.24) is 0 Å². The van der Waals surface area contributed by atoms with Gasteiger partial charge >= 0.3 is 11.9 Å². The molecular formula is C19H18N2O6. The molecule has 1 heterocycles. The van der Waals surface area contributed by atoms with Crippen LogP contribution >= 0.6 is 0 Å². The van der Waals surface area contributed by atoms with E-state index in [2.05, 4.69) is 4.74 Å². The van der Waals surface area contributed by atoms with Crippen molar-refractivity contribution in [2.75, 3.05) is 25.1 Å². The molecule has 1 saturated heterocycles. The first kappa shape index (κ1) is 18.4. The lowest BCUT2D eigenvalue weighted by Gasteiger charge is -2.17. The topological polar surface area (TPSA) is 99.0 Å². The molecule has 140 valence electrons. The SMILES string of the molecule is COC(=O)c1ccc(OC(=O)c2ccc(N3CCCC3)c([N+](=O)[O-])c2)cc1. The Kier molecular flexibility index (Phi) is 5.35. The summed E-state index contributed by atoms with van der Waals surface area (Å²) in [6, 6.07) is 10.2. The van der Waals surface area contributed by atoms with Gasteiger partial charge in [0.15, 0.2) is 0 Å². The molecule has 0 bridgehead atoms. The Hall–Kier alpha value is -3.42. The number of carbonyl (C=O) groups is 2. The van der Waals surface area contributed by atoms with Gasteiger partial charge in [0.25, 0.3) is 5.69 Å². The first-order valence-corrected chi connectivity index (χ1v) is 8.43. The van der Waals surface area contributed by atoms with Gasteiger partial charge in [-0.3, -0.25) is 10.1 Å². The van der Waals surface area contributed by atoms with E-state index in [0.29, 0.717) is 11.3 Å². The summed E-state index contributed by atoms with van der Waals surface area (Å²) < 4.78 is 9.84. The molecule has 0 aliphatic carbocycles. The fraction of sp³-hybridized carbons (Fsp3) is 0.263. The molecule has 0 radical (unpaired) electrons. The highest BCUT2D eigenvalue weighted by atomic mass is 16.6. The third-order valence-electron chi connectivity index (χ3n) is 4.34. The monoisotopic (exact) mass is 370 g/mol. The Morgan fingerprint density at radius 3 is 2.22 bits per heavy atom. The molecule has 0 amide bonds. The van der Waals surface area contributed by atoms with Gasteiger partial charge in [-0.15, -0.1) is 0 Å². The number of anilines is 1. The summed E-state index contributed by atoms with van der Waals surface area (Å²) >= 11 is 0. The summed E-state index contributed by atoms with van der Waals surface area (Å²) in [7, 11) is 1.27. The predicted molar refractivity (Wildman–Crippen MR) is 97.3 cm³/mol. The van der Waals surface area contributed by atoms with Gasteiger partial charge < -0.3 is 14.4 Å². The van der Waals surface area contributed by atoms with E-state index in [1.807, 2.05) is 4.90 Å². The van der Waals surface area contributed by atoms with Crippen LogP contribution in [-0.2, 0) is 4.74 Å². The van der Waals surface area contributed by atoms with Crippen LogP contribution in [0.4, 0.5) is 11.4 Å². The van der Waals surface area contributed by atoms with Crippen molar-refractivity contribution in [2.24, 2.45) is 0 Å². The van der Waals surface area contributed by atoms with Gasteiger partial charge in [-0.2, -0.15) is 0 Å². The number of esters is 2. The number of rotatable bonds is 5. The fourth-order valence-corrected chi connectivity index (χ4v) is 2.96. The minimum atomic E-state index is -0.711. The van der Waals surface area contributed by atoms with E-state index in [4.69, 9.17) is 4.74 Å². The second kappa shape index (κ2) is 7.86. The molecule has 27 heavy (non-hydrogen) atoms. The third kappa shape index (κ3) is 4.05. The van der Waals surface area contributed by atoms with Crippen LogP contribution in [0.5, 0.6) is 5.75 Å². The standard InChI is InChI=1S/C19H18N2O6/c1-26-18(22)13-4-7-15(8-5-13)27-19(23)14-6-9-16(17(12-14)21(24)25)20-10-2-3-11-20/h4-9,12H,2-3,10-11H2,1H3. The number of benzene rings is 2. The number of methoxy groups -OCH3 is 1. The molecule has 1 fully saturated rings. The van der Waals surface area contributed by atoms with Crippen LogP contribution in [0.15, 0.2) is 42.5 Å². The summed E-state index contributed by atoms with van der Waals surface area (Å²) in [4.78, 5) is 36.6. The zero-order chi connectivity index (χ0) is 19.4. The third-order valence-corrected chi connectivity index (χ3v) is 4.34. The van der Waals surface area contributed by atoms with Crippen LogP contribution in [0.3, 0.4) is 0 Å². The summed E-state index contributed by atoms with van der Waals surface area (Å²) in [5.74, 6) is -0.989. The van der Waals surface area contributed by atoms with Gasteiger partial charge in [0.1, 0.15) is 11.4 Å². The first-order chi connectivity index (χ1) is 13.0. The second-order valence-corrected chi connectivity index (χ2v) is 6.06. The van der Waals surface area contributed by atoms with Crippen molar-refractivity contribution in [3.8, 4) is 5.75 Å². The molecule has 1 aliphatic heterocycles. The molecule has 2 aromatic rings. The first-order valence-electron chi connectivity index (χ1n) is 8.43. The minimum Gasteiger partial charge on any atom is -0.465 e. The molecule has 0 aromatic heterocycles. The van der Waals surface area contributed by atoms with Gasteiger partial charge in [-0.25, -0.2) is 9.59 Å². The normalized spacial score (nSPS) is 13.3. The highest BCUT2D eigenvalue weighted by molar-refractivity contribution is 5.93. The molecule has 3 rings (SSSR count). The van der Waals surface area contributed by atoms with Crippen LogP contribution in [0, 0.1) is 10.1 Å². The van der Waals surface area contributed by atoms with Crippen molar-refractivity contribution in [1.29, 1.82) is 0 Å². The van der Waals surface area contributed by atoms with Gasteiger partial charge in [-0.1, -0.05) is 0 Å². The van der Waals surface area contributed by atoms with Gasteiger partial charge in [0.05, 0.1) is 23.2 Å². The molecule has 1 aliphatic rings. The minimum absolute atomic E-state index is 0.0849. The quantitative estimate of drug-likeness (QED) is 0.345. The highest BCUT2D eigenvalue weighted by Gasteiger charge is 2.24. The molecule has 8 heteroatoms. The average Bonchev–Trinajstić information content (AvgIpc) is 3.22. The van der Waals surface area contributed by atoms with Crippen LogP contribution in [0.2, 0.25) is 0 Å². The van der Waals surface area contributed by atoms with Gasteiger partial charge in [0, 0.05) is 19.2 Å². The number of hydrogen-bond acceptors (Lipinski definition) is 7. The molecule has 0 N–H and O–H groups in total.